The van der Waals surface area contributed by atoms with E-state index in [-0.39, 0.29) is 15.6 Å². The molecule has 4 heteroatoms. The number of hydrogen-bond donors (Lipinski definition) is 1. The fraction of sp³-hybridized carbons (Fsp3) is 0. The average Bonchev–Trinajstić information content (AvgIpc) is 2.70. The van der Waals surface area contributed by atoms with Crippen LogP contribution < -0.4 is 0 Å². The van der Waals surface area contributed by atoms with Crippen molar-refractivity contribution in [3.63, 3.8) is 0 Å². The molecule has 2 aromatic rings. The molecule has 3 nitrogen and oxygen atoms in total. The molecule has 2 aromatic carbocycles. The molecule has 0 saturated heterocycles. The molecule has 0 unspecified atom stereocenters. The van der Waals surface area contributed by atoms with Crippen molar-refractivity contribution < 1.29 is 13.5 Å². The lowest BCUT2D eigenvalue weighted by Gasteiger charge is -2.07. The first kappa shape index (κ1) is 12.7. The van der Waals surface area contributed by atoms with E-state index in [1.807, 2.05) is 6.07 Å². The number of rotatable bonds is 2. The summed E-state index contributed by atoms with van der Waals surface area (Å²) in [5.74, 6) is -0.213. The lowest BCUT2D eigenvalue weighted by molar-refractivity contribution is 0.437. The van der Waals surface area contributed by atoms with E-state index >= 15 is 0 Å². The van der Waals surface area contributed by atoms with Gasteiger partial charge in [-0.05, 0) is 11.1 Å². The van der Waals surface area contributed by atoms with Gasteiger partial charge in [0.15, 0.2) is 0 Å². The van der Waals surface area contributed by atoms with Crippen LogP contribution in [0.4, 0.5) is 0 Å². The third kappa shape index (κ3) is 1.94. The fourth-order valence-corrected chi connectivity index (χ4v) is 3.96. The second-order valence-electron chi connectivity index (χ2n) is 4.46. The molecule has 1 aliphatic heterocycles. The Kier molecular flexibility index (Phi) is 2.95. The first-order chi connectivity index (χ1) is 9.60. The molecule has 1 N–H and O–H groups in total. The van der Waals surface area contributed by atoms with Gasteiger partial charge in [0, 0.05) is 6.08 Å². The Morgan fingerprint density at radius 1 is 0.750 bits per heavy atom. The van der Waals surface area contributed by atoms with Gasteiger partial charge < -0.3 is 5.11 Å². The van der Waals surface area contributed by atoms with Gasteiger partial charge in [0.25, 0.3) is 0 Å². The molecule has 3 rings (SSSR count). The van der Waals surface area contributed by atoms with Crippen molar-refractivity contribution in [2.75, 3.05) is 0 Å². The first-order valence-corrected chi connectivity index (χ1v) is 7.60. The molecule has 0 radical (unpaired) electrons. The highest BCUT2D eigenvalue weighted by molar-refractivity contribution is 8.09. The Labute approximate surface area is 117 Å². The van der Waals surface area contributed by atoms with Crippen LogP contribution in [0.15, 0.2) is 72.5 Å². The quantitative estimate of drug-likeness (QED) is 0.919. The summed E-state index contributed by atoms with van der Waals surface area (Å²) in [5, 5.41) is 10.0. The maximum atomic E-state index is 12.6. The van der Waals surface area contributed by atoms with Crippen LogP contribution in [0.25, 0.3) is 9.81 Å². The van der Waals surface area contributed by atoms with Crippen molar-refractivity contribution in [1.29, 1.82) is 0 Å². The van der Waals surface area contributed by atoms with Crippen LogP contribution >= 0.6 is 0 Å². The molecule has 1 aliphatic rings. The highest BCUT2D eigenvalue weighted by Gasteiger charge is 2.34. The Morgan fingerprint density at radius 3 is 1.80 bits per heavy atom. The number of aliphatic hydroxyl groups is 1. The fourth-order valence-electron chi connectivity index (χ4n) is 2.25. The van der Waals surface area contributed by atoms with Crippen molar-refractivity contribution >= 4 is 19.6 Å². The van der Waals surface area contributed by atoms with Crippen LogP contribution in [0.5, 0.6) is 0 Å². The zero-order valence-corrected chi connectivity index (χ0v) is 11.3. The molecule has 0 aromatic heterocycles. The minimum Gasteiger partial charge on any atom is -0.507 e. The van der Waals surface area contributed by atoms with Crippen molar-refractivity contribution in [1.82, 2.24) is 0 Å². The largest absolute Gasteiger partial charge is 0.507 e. The predicted octanol–water partition coefficient (Wildman–Crippen LogP) is 3.38. The lowest BCUT2D eigenvalue weighted by Crippen LogP contribution is -2.02. The zero-order valence-electron chi connectivity index (χ0n) is 10.5. The maximum absolute atomic E-state index is 12.6. The van der Waals surface area contributed by atoms with Crippen LogP contribution in [0, 0.1) is 0 Å². The van der Waals surface area contributed by atoms with Crippen molar-refractivity contribution in [3.8, 4) is 0 Å². The molecule has 0 aliphatic carbocycles. The average molecular weight is 284 g/mol. The lowest BCUT2D eigenvalue weighted by atomic mass is 10.1. The number of allylic oxidation sites excluding steroid dienone is 1. The second kappa shape index (κ2) is 4.65. The number of sulfone groups is 1. The molecule has 100 valence electrons. The normalized spacial score (nSPS) is 17.1. The molecule has 0 spiro atoms. The standard InChI is InChI=1S/C16H12O3S/c17-14-11-15(12-7-3-1-4-8-12)20(18,19)16(14)13-9-5-2-6-10-13/h1-11,17H. The van der Waals surface area contributed by atoms with E-state index in [4.69, 9.17) is 0 Å². The van der Waals surface area contributed by atoms with E-state index in [0.29, 0.717) is 11.1 Å². The Balaban J connectivity index is 2.14. The summed E-state index contributed by atoms with van der Waals surface area (Å²) >= 11 is 0. The van der Waals surface area contributed by atoms with Gasteiger partial charge in [0.05, 0.1) is 4.91 Å². The summed E-state index contributed by atoms with van der Waals surface area (Å²) in [7, 11) is -3.69. The van der Waals surface area contributed by atoms with Gasteiger partial charge in [0.2, 0.25) is 9.84 Å². The molecule has 0 fully saturated rings. The minimum absolute atomic E-state index is 0.0306. The summed E-state index contributed by atoms with van der Waals surface area (Å²) in [6.45, 7) is 0. The summed E-state index contributed by atoms with van der Waals surface area (Å²) < 4.78 is 25.2. The third-order valence-electron chi connectivity index (χ3n) is 3.15. The summed E-state index contributed by atoms with van der Waals surface area (Å²) in [6, 6.07) is 17.4. The number of benzene rings is 2. The third-order valence-corrected chi connectivity index (χ3v) is 5.07. The minimum atomic E-state index is -3.69. The maximum Gasteiger partial charge on any atom is 0.211 e. The van der Waals surface area contributed by atoms with Crippen LogP contribution in [-0.2, 0) is 9.84 Å². The van der Waals surface area contributed by atoms with Crippen molar-refractivity contribution in [2.45, 2.75) is 0 Å². The molecule has 0 amide bonds. The molecule has 0 atom stereocenters. The van der Waals surface area contributed by atoms with Gasteiger partial charge in [-0.1, -0.05) is 60.7 Å². The van der Waals surface area contributed by atoms with Gasteiger partial charge in [-0.15, -0.1) is 0 Å². The molecule has 0 bridgehead atoms. The summed E-state index contributed by atoms with van der Waals surface area (Å²) in [6.07, 6.45) is 1.31. The van der Waals surface area contributed by atoms with Gasteiger partial charge in [-0.25, -0.2) is 8.42 Å². The Morgan fingerprint density at radius 2 is 1.25 bits per heavy atom. The van der Waals surface area contributed by atoms with Crippen LogP contribution in [-0.4, -0.2) is 13.5 Å². The van der Waals surface area contributed by atoms with E-state index in [2.05, 4.69) is 0 Å². The zero-order chi connectivity index (χ0) is 14.2. The highest BCUT2D eigenvalue weighted by Crippen LogP contribution is 2.40. The Hall–Kier alpha value is -2.33. The molecular weight excluding hydrogens is 272 g/mol. The first-order valence-electron chi connectivity index (χ1n) is 6.11. The topological polar surface area (TPSA) is 54.4 Å². The van der Waals surface area contributed by atoms with Gasteiger partial charge in [-0.2, -0.15) is 0 Å². The van der Waals surface area contributed by atoms with E-state index in [9.17, 15) is 13.5 Å². The van der Waals surface area contributed by atoms with Crippen molar-refractivity contribution in [3.05, 3.63) is 83.6 Å². The smallest absolute Gasteiger partial charge is 0.211 e. The van der Waals surface area contributed by atoms with Crippen LogP contribution in [0.2, 0.25) is 0 Å². The molecule has 1 heterocycles. The Bertz CT molecular complexity index is 801. The van der Waals surface area contributed by atoms with Crippen LogP contribution in [0.1, 0.15) is 11.1 Å². The van der Waals surface area contributed by atoms with E-state index in [1.54, 1.807) is 54.6 Å². The number of hydrogen-bond acceptors (Lipinski definition) is 3. The molecule has 20 heavy (non-hydrogen) atoms. The number of aliphatic hydroxyl groups excluding tert-OH is 1. The van der Waals surface area contributed by atoms with Gasteiger partial charge >= 0.3 is 0 Å². The van der Waals surface area contributed by atoms with Crippen LogP contribution in [0.3, 0.4) is 0 Å². The predicted molar refractivity (Wildman–Crippen MR) is 79.3 cm³/mol. The van der Waals surface area contributed by atoms with E-state index in [0.717, 1.165) is 0 Å². The molecule has 0 saturated carbocycles. The van der Waals surface area contributed by atoms with E-state index < -0.39 is 9.84 Å². The SMILES string of the molecule is O=S1(=O)C(c2ccccc2)=CC(O)=C1c1ccccc1. The molecular formula is C16H12O3S. The summed E-state index contributed by atoms with van der Waals surface area (Å²) in [4.78, 5) is 0.103. The van der Waals surface area contributed by atoms with Gasteiger partial charge in [0.1, 0.15) is 10.7 Å². The van der Waals surface area contributed by atoms with Gasteiger partial charge in [-0.3, -0.25) is 0 Å². The monoisotopic (exact) mass is 284 g/mol. The van der Waals surface area contributed by atoms with Crippen molar-refractivity contribution in [2.24, 2.45) is 0 Å². The second-order valence-corrected chi connectivity index (χ2v) is 6.31. The summed E-state index contributed by atoms with van der Waals surface area (Å²) in [5.41, 5.74) is 1.07. The van der Waals surface area contributed by atoms with E-state index in [1.165, 1.54) is 6.08 Å². The highest BCUT2D eigenvalue weighted by atomic mass is 32.2.